The number of nitrogens with one attached hydrogen (secondary N) is 2. The molecule has 2 N–H and O–H groups in total. The summed E-state index contributed by atoms with van der Waals surface area (Å²) >= 11 is 0. The average molecular weight is 389 g/mol. The van der Waals surface area contributed by atoms with Gasteiger partial charge in [0.05, 0.1) is 19.1 Å². The zero-order chi connectivity index (χ0) is 19.8. The third-order valence-corrected chi connectivity index (χ3v) is 7.28. The van der Waals surface area contributed by atoms with E-state index in [1.807, 2.05) is 30.3 Å². The van der Waals surface area contributed by atoms with Gasteiger partial charge in [-0.25, -0.2) is 0 Å². The number of carbonyl (C=O) groups excluding carboxylic acids is 1. The number of aromatic nitrogens is 1. The van der Waals surface area contributed by atoms with E-state index in [0.29, 0.717) is 18.1 Å². The molecule has 2 aliphatic rings. The van der Waals surface area contributed by atoms with Gasteiger partial charge in [0.1, 0.15) is 0 Å². The van der Waals surface area contributed by atoms with Crippen LogP contribution in [0.15, 0.2) is 60.8 Å². The van der Waals surface area contributed by atoms with E-state index in [1.54, 1.807) is 4.90 Å². The van der Waals surface area contributed by atoms with Crippen LogP contribution in [-0.2, 0) is 6.42 Å². The molecule has 0 aliphatic carbocycles. The van der Waals surface area contributed by atoms with Crippen molar-refractivity contribution in [2.75, 3.05) is 13.6 Å². The molecule has 2 bridgehead atoms. The Labute approximate surface area is 172 Å². The standard InChI is InChI=1S/C25H29N3O/c1-27-20-11-12-21(27)16-22(15-20)28(25(29)18-7-3-2-4-8-18)14-13-19-17-26-24-10-6-5-9-23(19)24/h2-10,17,20-22,26H,11-16H2,1H3/p+1. The van der Waals surface area contributed by atoms with Crippen molar-refractivity contribution in [3.05, 3.63) is 71.9 Å². The smallest absolute Gasteiger partial charge is 0.254 e. The number of H-pyrrole nitrogens is 1. The molecule has 2 aromatic carbocycles. The highest BCUT2D eigenvalue weighted by atomic mass is 16.2. The number of carbonyl (C=O) groups is 1. The molecule has 4 heteroatoms. The zero-order valence-electron chi connectivity index (χ0n) is 17.1. The molecule has 5 rings (SSSR count). The molecule has 2 unspecified atom stereocenters. The van der Waals surface area contributed by atoms with Gasteiger partial charge in [0.15, 0.2) is 0 Å². The second-order valence-electron chi connectivity index (χ2n) is 8.81. The van der Waals surface area contributed by atoms with Crippen LogP contribution >= 0.6 is 0 Å². The maximum absolute atomic E-state index is 13.5. The molecular formula is C25H30N3O+. The largest absolute Gasteiger partial charge is 0.361 e. The van der Waals surface area contributed by atoms with Gasteiger partial charge in [0, 0.05) is 60.9 Å². The highest BCUT2D eigenvalue weighted by Gasteiger charge is 2.44. The first-order valence-corrected chi connectivity index (χ1v) is 10.9. The molecule has 1 aromatic heterocycles. The third-order valence-electron chi connectivity index (χ3n) is 7.28. The van der Waals surface area contributed by atoms with Crippen LogP contribution in [0.4, 0.5) is 0 Å². The van der Waals surface area contributed by atoms with Crippen molar-refractivity contribution in [1.29, 1.82) is 0 Å². The quantitative estimate of drug-likeness (QED) is 0.693. The van der Waals surface area contributed by atoms with E-state index < -0.39 is 0 Å². The Morgan fingerprint density at radius 3 is 2.48 bits per heavy atom. The second-order valence-corrected chi connectivity index (χ2v) is 8.81. The van der Waals surface area contributed by atoms with Crippen molar-refractivity contribution in [3.63, 3.8) is 0 Å². The van der Waals surface area contributed by atoms with Crippen LogP contribution in [0.2, 0.25) is 0 Å². The first-order valence-electron chi connectivity index (χ1n) is 10.9. The number of fused-ring (bicyclic) bond motifs is 3. The number of rotatable bonds is 5. The van der Waals surface area contributed by atoms with Crippen molar-refractivity contribution in [3.8, 4) is 0 Å². The molecular weight excluding hydrogens is 358 g/mol. The monoisotopic (exact) mass is 388 g/mol. The fraction of sp³-hybridized carbons (Fsp3) is 0.400. The Morgan fingerprint density at radius 1 is 1.03 bits per heavy atom. The highest BCUT2D eigenvalue weighted by Crippen LogP contribution is 2.28. The van der Waals surface area contributed by atoms with Gasteiger partial charge in [0.2, 0.25) is 0 Å². The number of hydrogen-bond acceptors (Lipinski definition) is 1. The molecule has 2 atom stereocenters. The minimum absolute atomic E-state index is 0.189. The maximum Gasteiger partial charge on any atom is 0.254 e. The van der Waals surface area contributed by atoms with E-state index in [1.165, 1.54) is 29.3 Å². The van der Waals surface area contributed by atoms with Gasteiger partial charge in [-0.2, -0.15) is 0 Å². The van der Waals surface area contributed by atoms with E-state index in [-0.39, 0.29) is 5.91 Å². The number of piperidine rings is 1. The minimum atomic E-state index is 0.189. The van der Waals surface area contributed by atoms with Crippen molar-refractivity contribution < 1.29 is 9.69 Å². The molecule has 2 aliphatic heterocycles. The molecule has 4 nitrogen and oxygen atoms in total. The van der Waals surface area contributed by atoms with Gasteiger partial charge < -0.3 is 14.8 Å². The molecule has 150 valence electrons. The molecule has 0 saturated carbocycles. The number of nitrogens with zero attached hydrogens (tertiary/aromatic N) is 1. The molecule has 2 fully saturated rings. The van der Waals surface area contributed by atoms with Gasteiger partial charge in [-0.3, -0.25) is 4.79 Å². The molecule has 29 heavy (non-hydrogen) atoms. The SMILES string of the molecule is C[NH+]1C2CCC1CC(N(CCc1c[nH]c3ccccc13)C(=O)c1ccccc1)C2. The average Bonchev–Trinajstić information content (AvgIpc) is 3.24. The van der Waals surface area contributed by atoms with Crippen LogP contribution in [0.25, 0.3) is 10.9 Å². The number of aromatic amines is 1. The summed E-state index contributed by atoms with van der Waals surface area (Å²) < 4.78 is 0. The van der Waals surface area contributed by atoms with Crippen molar-refractivity contribution in [1.82, 2.24) is 9.88 Å². The van der Waals surface area contributed by atoms with Gasteiger partial charge in [-0.05, 0) is 30.2 Å². The minimum Gasteiger partial charge on any atom is -0.361 e. The maximum atomic E-state index is 13.5. The van der Waals surface area contributed by atoms with Crippen LogP contribution in [0, 0.1) is 0 Å². The van der Waals surface area contributed by atoms with Crippen LogP contribution < -0.4 is 4.90 Å². The van der Waals surface area contributed by atoms with E-state index >= 15 is 0 Å². The first kappa shape index (κ1) is 18.4. The summed E-state index contributed by atoms with van der Waals surface area (Å²) in [4.78, 5) is 20.7. The van der Waals surface area contributed by atoms with E-state index in [2.05, 4.69) is 47.4 Å². The van der Waals surface area contributed by atoms with E-state index in [9.17, 15) is 4.79 Å². The molecule has 0 spiro atoms. The normalized spacial score (nSPS) is 26.0. The molecule has 0 radical (unpaired) electrons. The fourth-order valence-electron chi connectivity index (χ4n) is 5.58. The van der Waals surface area contributed by atoms with Gasteiger partial charge in [-0.1, -0.05) is 36.4 Å². The number of benzene rings is 2. The van der Waals surface area contributed by atoms with Gasteiger partial charge in [0.25, 0.3) is 5.91 Å². The van der Waals surface area contributed by atoms with Crippen LogP contribution in [0.5, 0.6) is 0 Å². The van der Waals surface area contributed by atoms with Gasteiger partial charge in [-0.15, -0.1) is 0 Å². The summed E-state index contributed by atoms with van der Waals surface area (Å²) in [6.07, 6.45) is 7.88. The third kappa shape index (κ3) is 3.46. The lowest BCUT2D eigenvalue weighted by molar-refractivity contribution is -0.922. The summed E-state index contributed by atoms with van der Waals surface area (Å²) in [7, 11) is 2.34. The lowest BCUT2D eigenvalue weighted by Gasteiger charge is -2.40. The summed E-state index contributed by atoms with van der Waals surface area (Å²) in [5.41, 5.74) is 3.28. The Balaban J connectivity index is 1.40. The lowest BCUT2D eigenvalue weighted by Crippen LogP contribution is -3.15. The predicted molar refractivity (Wildman–Crippen MR) is 116 cm³/mol. The summed E-state index contributed by atoms with van der Waals surface area (Å²) in [6, 6.07) is 20.0. The Morgan fingerprint density at radius 2 is 1.72 bits per heavy atom. The van der Waals surface area contributed by atoms with Crippen LogP contribution in [-0.4, -0.2) is 47.5 Å². The molecule has 3 aromatic rings. The van der Waals surface area contributed by atoms with Crippen molar-refractivity contribution >= 4 is 16.8 Å². The summed E-state index contributed by atoms with van der Waals surface area (Å²) in [6.45, 7) is 0.777. The Kier molecular flexibility index (Phi) is 4.88. The van der Waals surface area contributed by atoms with Crippen LogP contribution in [0.3, 0.4) is 0 Å². The Bertz CT molecular complexity index is 981. The lowest BCUT2D eigenvalue weighted by atomic mass is 9.95. The number of para-hydroxylation sites is 1. The topological polar surface area (TPSA) is 40.5 Å². The van der Waals surface area contributed by atoms with Crippen LogP contribution in [0.1, 0.15) is 41.6 Å². The summed E-state index contributed by atoms with van der Waals surface area (Å²) in [5.74, 6) is 0.189. The van der Waals surface area contributed by atoms with Gasteiger partial charge >= 0.3 is 0 Å². The predicted octanol–water partition coefficient (Wildman–Crippen LogP) is 3.06. The molecule has 3 heterocycles. The van der Waals surface area contributed by atoms with Crippen molar-refractivity contribution in [2.45, 2.75) is 50.2 Å². The number of hydrogen-bond donors (Lipinski definition) is 2. The molecule has 2 saturated heterocycles. The molecule has 1 amide bonds. The fourth-order valence-corrected chi connectivity index (χ4v) is 5.58. The zero-order valence-corrected chi connectivity index (χ0v) is 17.1. The number of quaternary nitrogens is 1. The Hall–Kier alpha value is -2.59. The number of amides is 1. The second kappa shape index (κ2) is 7.68. The van der Waals surface area contributed by atoms with E-state index in [0.717, 1.165) is 31.4 Å². The van der Waals surface area contributed by atoms with E-state index in [4.69, 9.17) is 0 Å². The first-order chi connectivity index (χ1) is 14.2. The van der Waals surface area contributed by atoms with Crippen molar-refractivity contribution in [2.24, 2.45) is 0 Å². The summed E-state index contributed by atoms with van der Waals surface area (Å²) in [5, 5.41) is 1.27. The highest BCUT2D eigenvalue weighted by molar-refractivity contribution is 5.94.